The van der Waals surface area contributed by atoms with E-state index in [1.807, 2.05) is 4.90 Å². The highest BCUT2D eigenvalue weighted by Crippen LogP contribution is 2.07. The Kier molecular flexibility index (Phi) is 4.91. The SMILES string of the molecule is COc1ccnc(NCCC(=O)N2CCOCC2)n1. The van der Waals surface area contributed by atoms with Crippen molar-refractivity contribution in [3.8, 4) is 5.88 Å². The smallest absolute Gasteiger partial charge is 0.225 e. The molecule has 7 heteroatoms. The van der Waals surface area contributed by atoms with Crippen LogP contribution in [0.1, 0.15) is 6.42 Å². The Bertz CT molecular complexity index is 421. The molecule has 2 rings (SSSR count). The molecule has 0 radical (unpaired) electrons. The number of morpholine rings is 1. The van der Waals surface area contributed by atoms with Gasteiger partial charge in [0, 0.05) is 38.3 Å². The molecule has 0 spiro atoms. The molecule has 0 saturated carbocycles. The van der Waals surface area contributed by atoms with Crippen LogP contribution in [0, 0.1) is 0 Å². The summed E-state index contributed by atoms with van der Waals surface area (Å²) in [4.78, 5) is 21.9. The highest BCUT2D eigenvalue weighted by Gasteiger charge is 2.16. The number of rotatable bonds is 5. The molecule has 1 aromatic rings. The van der Waals surface area contributed by atoms with Crippen LogP contribution in [0.5, 0.6) is 5.88 Å². The maximum atomic E-state index is 11.9. The molecule has 0 aliphatic carbocycles. The van der Waals surface area contributed by atoms with Crippen LogP contribution in [0.25, 0.3) is 0 Å². The average molecular weight is 266 g/mol. The van der Waals surface area contributed by atoms with Gasteiger partial charge >= 0.3 is 0 Å². The highest BCUT2D eigenvalue weighted by molar-refractivity contribution is 5.76. The van der Waals surface area contributed by atoms with Crippen LogP contribution in [-0.4, -0.2) is 60.7 Å². The van der Waals surface area contributed by atoms with Crippen molar-refractivity contribution >= 4 is 11.9 Å². The van der Waals surface area contributed by atoms with Gasteiger partial charge in [0.2, 0.25) is 17.7 Å². The monoisotopic (exact) mass is 266 g/mol. The van der Waals surface area contributed by atoms with E-state index in [1.54, 1.807) is 19.4 Å². The van der Waals surface area contributed by atoms with Crippen LogP contribution in [0.4, 0.5) is 5.95 Å². The number of methoxy groups -OCH3 is 1. The molecular formula is C12H18N4O3. The van der Waals surface area contributed by atoms with Gasteiger partial charge in [-0.3, -0.25) is 4.79 Å². The zero-order valence-corrected chi connectivity index (χ0v) is 11.0. The van der Waals surface area contributed by atoms with Crippen LogP contribution >= 0.6 is 0 Å². The Balaban J connectivity index is 1.74. The Morgan fingerprint density at radius 1 is 1.53 bits per heavy atom. The fourth-order valence-electron chi connectivity index (χ4n) is 1.79. The summed E-state index contributed by atoms with van der Waals surface area (Å²) in [6.45, 7) is 3.10. The van der Waals surface area contributed by atoms with Crippen molar-refractivity contribution in [2.45, 2.75) is 6.42 Å². The second-order valence-corrected chi connectivity index (χ2v) is 4.09. The molecule has 1 aliphatic rings. The first-order valence-electron chi connectivity index (χ1n) is 6.26. The van der Waals surface area contributed by atoms with Gasteiger partial charge in [-0.2, -0.15) is 4.98 Å². The molecule has 1 amide bonds. The molecule has 1 saturated heterocycles. The molecular weight excluding hydrogens is 248 g/mol. The van der Waals surface area contributed by atoms with E-state index in [1.165, 1.54) is 0 Å². The zero-order chi connectivity index (χ0) is 13.5. The summed E-state index contributed by atoms with van der Waals surface area (Å²) in [5.41, 5.74) is 0. The van der Waals surface area contributed by atoms with Crippen molar-refractivity contribution in [3.05, 3.63) is 12.3 Å². The summed E-state index contributed by atoms with van der Waals surface area (Å²) >= 11 is 0. The largest absolute Gasteiger partial charge is 0.481 e. The molecule has 19 heavy (non-hydrogen) atoms. The molecule has 104 valence electrons. The molecule has 1 fully saturated rings. The number of amides is 1. The number of carbonyl (C=O) groups excluding carboxylic acids is 1. The quantitative estimate of drug-likeness (QED) is 0.817. The summed E-state index contributed by atoms with van der Waals surface area (Å²) in [6.07, 6.45) is 2.03. The van der Waals surface area contributed by atoms with Crippen molar-refractivity contribution in [1.29, 1.82) is 0 Å². The molecule has 2 heterocycles. The van der Waals surface area contributed by atoms with E-state index in [2.05, 4.69) is 15.3 Å². The van der Waals surface area contributed by atoms with Gasteiger partial charge < -0.3 is 19.7 Å². The summed E-state index contributed by atoms with van der Waals surface area (Å²) in [5, 5.41) is 3.01. The number of hydrogen-bond acceptors (Lipinski definition) is 6. The lowest BCUT2D eigenvalue weighted by molar-refractivity contribution is -0.134. The van der Waals surface area contributed by atoms with E-state index in [4.69, 9.17) is 9.47 Å². The van der Waals surface area contributed by atoms with Gasteiger partial charge in [-0.1, -0.05) is 0 Å². The number of nitrogens with zero attached hydrogens (tertiary/aromatic N) is 3. The van der Waals surface area contributed by atoms with Crippen molar-refractivity contribution in [2.24, 2.45) is 0 Å². The van der Waals surface area contributed by atoms with Gasteiger partial charge in [0.25, 0.3) is 0 Å². The van der Waals surface area contributed by atoms with E-state index >= 15 is 0 Å². The minimum Gasteiger partial charge on any atom is -0.481 e. The molecule has 1 aliphatic heterocycles. The van der Waals surface area contributed by atoms with Gasteiger partial charge in [0.15, 0.2) is 0 Å². The van der Waals surface area contributed by atoms with Gasteiger partial charge in [-0.05, 0) is 0 Å². The minimum absolute atomic E-state index is 0.124. The molecule has 0 unspecified atom stereocenters. The van der Waals surface area contributed by atoms with Crippen LogP contribution < -0.4 is 10.1 Å². The summed E-state index contributed by atoms with van der Waals surface area (Å²) in [5.74, 6) is 1.09. The number of ether oxygens (including phenoxy) is 2. The lowest BCUT2D eigenvalue weighted by Crippen LogP contribution is -2.41. The normalized spacial score (nSPS) is 15.1. The van der Waals surface area contributed by atoms with Gasteiger partial charge in [0.05, 0.1) is 20.3 Å². The number of nitrogens with one attached hydrogen (secondary N) is 1. The second kappa shape index (κ2) is 6.89. The zero-order valence-electron chi connectivity index (χ0n) is 11.0. The number of carbonyl (C=O) groups is 1. The van der Waals surface area contributed by atoms with E-state index < -0.39 is 0 Å². The van der Waals surface area contributed by atoms with Crippen molar-refractivity contribution < 1.29 is 14.3 Å². The Morgan fingerprint density at radius 2 is 2.32 bits per heavy atom. The Labute approximate surface area is 111 Å². The number of hydrogen-bond donors (Lipinski definition) is 1. The fraction of sp³-hybridized carbons (Fsp3) is 0.583. The first kappa shape index (κ1) is 13.5. The third kappa shape index (κ3) is 4.06. The minimum atomic E-state index is 0.124. The van der Waals surface area contributed by atoms with Crippen LogP contribution in [-0.2, 0) is 9.53 Å². The molecule has 0 atom stereocenters. The highest BCUT2D eigenvalue weighted by atomic mass is 16.5. The molecule has 0 bridgehead atoms. The van der Waals surface area contributed by atoms with E-state index in [-0.39, 0.29) is 5.91 Å². The summed E-state index contributed by atoms with van der Waals surface area (Å²) < 4.78 is 10.2. The van der Waals surface area contributed by atoms with Gasteiger partial charge in [-0.15, -0.1) is 0 Å². The van der Waals surface area contributed by atoms with Crippen molar-refractivity contribution in [3.63, 3.8) is 0 Å². The summed E-state index contributed by atoms with van der Waals surface area (Å²) in [7, 11) is 1.55. The third-order valence-electron chi connectivity index (χ3n) is 2.82. The topological polar surface area (TPSA) is 76.6 Å². The van der Waals surface area contributed by atoms with Gasteiger partial charge in [0.1, 0.15) is 0 Å². The van der Waals surface area contributed by atoms with Crippen LogP contribution in [0.15, 0.2) is 12.3 Å². The summed E-state index contributed by atoms with van der Waals surface area (Å²) in [6, 6.07) is 1.67. The van der Waals surface area contributed by atoms with Gasteiger partial charge in [-0.25, -0.2) is 4.98 Å². The third-order valence-corrected chi connectivity index (χ3v) is 2.82. The average Bonchev–Trinajstić information content (AvgIpc) is 2.48. The van der Waals surface area contributed by atoms with E-state index in [9.17, 15) is 4.79 Å². The van der Waals surface area contributed by atoms with Crippen molar-refractivity contribution in [1.82, 2.24) is 14.9 Å². The molecule has 1 N–H and O–H groups in total. The maximum Gasteiger partial charge on any atom is 0.225 e. The fourth-order valence-corrected chi connectivity index (χ4v) is 1.79. The molecule has 1 aromatic heterocycles. The lowest BCUT2D eigenvalue weighted by Gasteiger charge is -2.26. The second-order valence-electron chi connectivity index (χ2n) is 4.09. The first-order valence-corrected chi connectivity index (χ1v) is 6.26. The molecule has 7 nitrogen and oxygen atoms in total. The predicted octanol–water partition coefficient (Wildman–Crippen LogP) is 0.146. The first-order chi connectivity index (χ1) is 9.29. The van der Waals surface area contributed by atoms with Crippen molar-refractivity contribution in [2.75, 3.05) is 45.3 Å². The maximum absolute atomic E-state index is 11.9. The predicted molar refractivity (Wildman–Crippen MR) is 69.1 cm³/mol. The Hall–Kier alpha value is -1.89. The van der Waals surface area contributed by atoms with E-state index in [0.29, 0.717) is 51.1 Å². The van der Waals surface area contributed by atoms with E-state index in [0.717, 1.165) is 0 Å². The standard InChI is InChI=1S/C12H18N4O3/c1-18-10-2-4-13-12(15-10)14-5-3-11(17)16-6-8-19-9-7-16/h2,4H,3,5-9H2,1H3,(H,13,14,15). The van der Waals surface area contributed by atoms with Crippen LogP contribution in [0.3, 0.4) is 0 Å². The Morgan fingerprint density at radius 3 is 3.05 bits per heavy atom. The lowest BCUT2D eigenvalue weighted by atomic mass is 10.3. The molecule has 0 aromatic carbocycles. The number of aromatic nitrogens is 2. The number of anilines is 1. The van der Waals surface area contributed by atoms with Crippen LogP contribution in [0.2, 0.25) is 0 Å².